The van der Waals surface area contributed by atoms with Crippen molar-refractivity contribution in [2.45, 2.75) is 56.3 Å². The van der Waals surface area contributed by atoms with Crippen LogP contribution in [0.1, 0.15) is 30.4 Å². The van der Waals surface area contributed by atoms with Crippen molar-refractivity contribution in [3.05, 3.63) is 71.9 Å². The van der Waals surface area contributed by atoms with Crippen molar-refractivity contribution in [2.24, 2.45) is 27.9 Å². The molecule has 0 radical (unpaired) electrons. The van der Waals surface area contributed by atoms with Crippen LogP contribution in [0.5, 0.6) is 0 Å². The Kier molecular flexibility index (Phi) is 12.4. The van der Waals surface area contributed by atoms with Crippen LogP contribution in [-0.4, -0.2) is 76.4 Å². The van der Waals surface area contributed by atoms with Crippen molar-refractivity contribution < 1.29 is 29.1 Å². The van der Waals surface area contributed by atoms with E-state index in [-0.39, 0.29) is 38.2 Å². The van der Waals surface area contributed by atoms with Crippen LogP contribution in [0.2, 0.25) is 0 Å². The number of H-pyrrole nitrogens is 1. The number of aromatic nitrogens is 1. The first-order valence-corrected chi connectivity index (χ1v) is 14.3. The van der Waals surface area contributed by atoms with Crippen molar-refractivity contribution in [1.82, 2.24) is 20.9 Å². The summed E-state index contributed by atoms with van der Waals surface area (Å²) in [5, 5.41) is 17.9. The topological polar surface area (TPSA) is 274 Å². The molecular formula is C30H39N9O6. The predicted molar refractivity (Wildman–Crippen MR) is 167 cm³/mol. The largest absolute Gasteiger partial charge is 0.480 e. The van der Waals surface area contributed by atoms with Gasteiger partial charge in [-0.05, 0) is 36.5 Å². The first kappa shape index (κ1) is 34.1. The fraction of sp³-hybridized carbons (Fsp3) is 0.333. The van der Waals surface area contributed by atoms with Crippen LogP contribution in [0.15, 0.2) is 65.8 Å². The van der Waals surface area contributed by atoms with Crippen LogP contribution in [-0.2, 0) is 36.8 Å². The average Bonchev–Trinajstić information content (AvgIpc) is 3.40. The molecule has 1 heterocycles. The number of carboxylic acid groups (broad SMARTS) is 1. The van der Waals surface area contributed by atoms with E-state index >= 15 is 0 Å². The van der Waals surface area contributed by atoms with E-state index in [0.717, 1.165) is 22.0 Å². The molecular weight excluding hydrogens is 582 g/mol. The number of nitrogens with zero attached hydrogens (tertiary/aromatic N) is 1. The first-order valence-electron chi connectivity index (χ1n) is 14.3. The molecule has 0 fully saturated rings. The van der Waals surface area contributed by atoms with Gasteiger partial charge in [0.1, 0.15) is 18.1 Å². The summed E-state index contributed by atoms with van der Waals surface area (Å²) in [7, 11) is 0. The number of aliphatic carboxylic acids is 1. The van der Waals surface area contributed by atoms with Crippen LogP contribution in [0, 0.1) is 0 Å². The molecule has 0 saturated carbocycles. The molecule has 0 aliphatic heterocycles. The molecule has 0 spiro atoms. The Hall–Kier alpha value is -5.44. The zero-order valence-electron chi connectivity index (χ0n) is 24.6. The van der Waals surface area contributed by atoms with E-state index in [1.807, 2.05) is 24.3 Å². The molecule has 4 amide bonds. The second kappa shape index (κ2) is 16.4. The maximum atomic E-state index is 13.6. The summed E-state index contributed by atoms with van der Waals surface area (Å²) in [6, 6.07) is 11.5. The first-order chi connectivity index (χ1) is 21.4. The highest BCUT2D eigenvalue weighted by molar-refractivity contribution is 5.95. The summed E-state index contributed by atoms with van der Waals surface area (Å²) in [4.78, 5) is 70.0. The zero-order valence-corrected chi connectivity index (χ0v) is 24.6. The van der Waals surface area contributed by atoms with E-state index in [1.165, 1.54) is 0 Å². The maximum absolute atomic E-state index is 13.6. The predicted octanol–water partition coefficient (Wildman–Crippen LogP) is -1.25. The fourth-order valence-electron chi connectivity index (χ4n) is 4.69. The molecule has 1 aromatic heterocycles. The molecule has 0 bridgehead atoms. The third-order valence-electron chi connectivity index (χ3n) is 6.97. The molecule has 0 aliphatic rings. The molecule has 15 nitrogen and oxygen atoms in total. The van der Waals surface area contributed by atoms with Gasteiger partial charge >= 0.3 is 5.97 Å². The highest BCUT2D eigenvalue weighted by Gasteiger charge is 2.31. The molecule has 4 atom stereocenters. The summed E-state index contributed by atoms with van der Waals surface area (Å²) < 4.78 is 0. The number of hydrogen-bond acceptors (Lipinski definition) is 7. The van der Waals surface area contributed by atoms with Crippen molar-refractivity contribution in [3.8, 4) is 0 Å². The van der Waals surface area contributed by atoms with Gasteiger partial charge in [0, 0.05) is 30.1 Å². The molecule has 0 aliphatic carbocycles. The van der Waals surface area contributed by atoms with Gasteiger partial charge in [0.2, 0.25) is 23.6 Å². The summed E-state index contributed by atoms with van der Waals surface area (Å²) in [6.45, 7) is 0.124. The van der Waals surface area contributed by atoms with E-state index in [1.54, 1.807) is 36.5 Å². The molecule has 2 aromatic carbocycles. The third kappa shape index (κ3) is 10.7. The Bertz CT molecular complexity index is 1520. The number of primary amides is 1. The van der Waals surface area contributed by atoms with Gasteiger partial charge in [-0.15, -0.1) is 0 Å². The number of para-hydroxylation sites is 1. The number of carbonyl (C=O) groups excluding carboxylic acids is 4. The summed E-state index contributed by atoms with van der Waals surface area (Å²) in [6.07, 6.45) is 1.62. The lowest BCUT2D eigenvalue weighted by atomic mass is 10.0. The van der Waals surface area contributed by atoms with E-state index < -0.39 is 60.2 Å². The average molecular weight is 622 g/mol. The quantitative estimate of drug-likeness (QED) is 0.0494. The minimum atomic E-state index is -1.62. The van der Waals surface area contributed by atoms with Crippen LogP contribution < -0.4 is 38.9 Å². The lowest BCUT2D eigenvalue weighted by Crippen LogP contribution is -2.58. The van der Waals surface area contributed by atoms with Gasteiger partial charge in [0.05, 0.1) is 12.5 Å². The second-order valence-corrected chi connectivity index (χ2v) is 10.5. The molecule has 45 heavy (non-hydrogen) atoms. The van der Waals surface area contributed by atoms with Gasteiger partial charge in [0.15, 0.2) is 5.96 Å². The number of carboxylic acids is 1. The summed E-state index contributed by atoms with van der Waals surface area (Å²) >= 11 is 0. The van der Waals surface area contributed by atoms with Gasteiger partial charge in [-0.25, -0.2) is 4.79 Å². The van der Waals surface area contributed by atoms with Crippen molar-refractivity contribution in [3.63, 3.8) is 0 Å². The minimum Gasteiger partial charge on any atom is -0.480 e. The molecule has 240 valence electrons. The number of guanidine groups is 1. The van der Waals surface area contributed by atoms with Crippen LogP contribution >= 0.6 is 0 Å². The van der Waals surface area contributed by atoms with Crippen LogP contribution in [0.3, 0.4) is 0 Å². The Morgan fingerprint density at radius 3 is 2.09 bits per heavy atom. The monoisotopic (exact) mass is 621 g/mol. The van der Waals surface area contributed by atoms with Gasteiger partial charge in [-0.2, -0.15) is 0 Å². The molecule has 4 unspecified atom stereocenters. The fourth-order valence-corrected chi connectivity index (χ4v) is 4.69. The van der Waals surface area contributed by atoms with E-state index in [0.29, 0.717) is 0 Å². The molecule has 3 aromatic rings. The zero-order chi connectivity index (χ0) is 32.9. The van der Waals surface area contributed by atoms with Crippen LogP contribution in [0.4, 0.5) is 0 Å². The Balaban J connectivity index is 1.79. The van der Waals surface area contributed by atoms with Crippen molar-refractivity contribution in [2.75, 3.05) is 6.54 Å². The summed E-state index contributed by atoms with van der Waals surface area (Å²) in [5.41, 5.74) is 24.6. The molecule has 15 heteroatoms. The van der Waals surface area contributed by atoms with E-state index in [2.05, 4.69) is 25.9 Å². The SMILES string of the molecule is NC(=O)CC(NC(=O)C(CCCN=C(N)N)NC(=O)C(Cc1ccccc1)NC(=O)C(N)Cc1c[nH]c2ccccc12)C(=O)O. The minimum absolute atomic E-state index is 0.00332. The number of nitrogens with two attached hydrogens (primary N) is 4. The second-order valence-electron chi connectivity index (χ2n) is 10.5. The highest BCUT2D eigenvalue weighted by Crippen LogP contribution is 2.19. The van der Waals surface area contributed by atoms with E-state index in [9.17, 15) is 29.1 Å². The number of nitrogens with one attached hydrogen (secondary N) is 4. The number of hydrogen-bond donors (Lipinski definition) is 9. The Morgan fingerprint density at radius 2 is 1.42 bits per heavy atom. The van der Waals surface area contributed by atoms with Gasteiger partial charge in [-0.3, -0.25) is 24.2 Å². The van der Waals surface area contributed by atoms with Gasteiger partial charge < -0.3 is 49.0 Å². The number of aromatic amines is 1. The number of fused-ring (bicyclic) bond motifs is 1. The lowest BCUT2D eigenvalue weighted by Gasteiger charge is -2.25. The molecule has 3 rings (SSSR count). The Morgan fingerprint density at radius 1 is 0.800 bits per heavy atom. The van der Waals surface area contributed by atoms with Gasteiger partial charge in [0.25, 0.3) is 0 Å². The third-order valence-corrected chi connectivity index (χ3v) is 6.97. The lowest BCUT2D eigenvalue weighted by molar-refractivity contribution is -0.143. The van der Waals surface area contributed by atoms with Crippen molar-refractivity contribution in [1.29, 1.82) is 0 Å². The molecule has 13 N–H and O–H groups in total. The van der Waals surface area contributed by atoms with Gasteiger partial charge in [-0.1, -0.05) is 48.5 Å². The number of rotatable bonds is 17. The smallest absolute Gasteiger partial charge is 0.326 e. The number of amides is 4. The van der Waals surface area contributed by atoms with E-state index in [4.69, 9.17) is 22.9 Å². The Labute approximate surface area is 259 Å². The normalized spacial score (nSPS) is 13.5. The van der Waals surface area contributed by atoms with Crippen LogP contribution in [0.25, 0.3) is 10.9 Å². The standard InChI is InChI=1S/C30H39N9O6/c31-20(14-18-16-36-21-10-5-4-9-19(18)21)26(41)38-23(13-17-7-2-1-3-8-17)28(43)37-22(11-6-12-35-30(33)34)27(42)39-24(29(44)45)15-25(32)40/h1-5,7-10,16,20,22-24,36H,6,11-15,31H2,(H2,32,40)(H,37,43)(H,38,41)(H,39,42)(H,44,45)(H4,33,34,35). The number of benzene rings is 2. The van der Waals surface area contributed by atoms with Crippen molar-refractivity contribution >= 4 is 46.5 Å². The number of carbonyl (C=O) groups is 5. The highest BCUT2D eigenvalue weighted by atomic mass is 16.4. The molecule has 0 saturated heterocycles. The maximum Gasteiger partial charge on any atom is 0.326 e. The summed E-state index contributed by atoms with van der Waals surface area (Å²) in [5.74, 6) is -4.76. The number of aliphatic imine (C=N–C) groups is 1.